The molecule has 1 aliphatic rings. The number of urea groups is 1. The molecule has 0 spiro atoms. The van der Waals surface area contributed by atoms with Crippen LogP contribution in [0.1, 0.15) is 12.0 Å². The Morgan fingerprint density at radius 3 is 2.63 bits per heavy atom. The van der Waals surface area contributed by atoms with E-state index in [4.69, 9.17) is 0 Å². The number of imide groups is 1. The molecule has 3 amide bonds. The number of aryl methyl sites for hydroxylation is 1. The van der Waals surface area contributed by atoms with E-state index in [1.165, 1.54) is 10.5 Å². The molecule has 102 valence electrons. The van der Waals surface area contributed by atoms with Crippen molar-refractivity contribution in [1.29, 1.82) is 0 Å². The molecular weight excluding hydrogens is 260 g/mol. The van der Waals surface area contributed by atoms with Gasteiger partial charge >= 0.3 is 6.03 Å². The number of carbonyl (C=O) groups excluding carboxylic acids is 2. The molecular formula is C14H18N2O2S. The Bertz CT molecular complexity index is 420. The van der Waals surface area contributed by atoms with E-state index in [1.807, 2.05) is 17.8 Å². The lowest BCUT2D eigenvalue weighted by molar-refractivity contribution is -0.124. The fourth-order valence-corrected chi connectivity index (χ4v) is 2.86. The molecule has 0 aliphatic carbocycles. The largest absolute Gasteiger partial charge is 0.329 e. The summed E-state index contributed by atoms with van der Waals surface area (Å²) in [4.78, 5) is 23.9. The van der Waals surface area contributed by atoms with Crippen LogP contribution in [-0.4, -0.2) is 41.4 Å². The van der Waals surface area contributed by atoms with Crippen LogP contribution >= 0.6 is 11.8 Å². The number of thioether (sulfide) groups is 1. The highest BCUT2D eigenvalue weighted by atomic mass is 32.2. The van der Waals surface area contributed by atoms with Crippen molar-refractivity contribution in [1.82, 2.24) is 10.2 Å². The van der Waals surface area contributed by atoms with E-state index >= 15 is 0 Å². The zero-order chi connectivity index (χ0) is 13.5. The maximum atomic E-state index is 11.3. The average molecular weight is 278 g/mol. The fraction of sp³-hybridized carbons (Fsp3) is 0.429. The summed E-state index contributed by atoms with van der Waals surface area (Å²) < 4.78 is 0. The molecule has 0 saturated carbocycles. The second kappa shape index (κ2) is 7.19. The quantitative estimate of drug-likeness (QED) is 0.612. The molecule has 0 radical (unpaired) electrons. The topological polar surface area (TPSA) is 49.4 Å². The standard InChI is InChI=1S/C14H18N2O2S/c17-13-11-15-14(18)16(13)8-4-9-19-10-7-12-5-2-1-3-6-12/h1-3,5-6H,4,7-11H2,(H,15,18). The van der Waals surface area contributed by atoms with E-state index in [9.17, 15) is 9.59 Å². The molecule has 5 heteroatoms. The van der Waals surface area contributed by atoms with Crippen molar-refractivity contribution in [2.24, 2.45) is 0 Å². The highest BCUT2D eigenvalue weighted by Crippen LogP contribution is 2.09. The van der Waals surface area contributed by atoms with Crippen LogP contribution in [0.5, 0.6) is 0 Å². The van der Waals surface area contributed by atoms with Crippen LogP contribution < -0.4 is 5.32 Å². The maximum absolute atomic E-state index is 11.3. The molecule has 1 aromatic rings. The maximum Gasteiger partial charge on any atom is 0.324 e. The van der Waals surface area contributed by atoms with Crippen molar-refractivity contribution in [2.45, 2.75) is 12.8 Å². The molecule has 1 saturated heterocycles. The van der Waals surface area contributed by atoms with Crippen LogP contribution in [0, 0.1) is 0 Å². The summed E-state index contributed by atoms with van der Waals surface area (Å²) in [5.74, 6) is 1.94. The lowest BCUT2D eigenvalue weighted by atomic mass is 10.2. The number of nitrogens with one attached hydrogen (secondary N) is 1. The van der Waals surface area contributed by atoms with Gasteiger partial charge in [-0.25, -0.2) is 4.79 Å². The molecule has 19 heavy (non-hydrogen) atoms. The van der Waals surface area contributed by atoms with Crippen molar-refractivity contribution < 1.29 is 9.59 Å². The Labute approximate surface area is 117 Å². The van der Waals surface area contributed by atoms with Gasteiger partial charge in [-0.2, -0.15) is 11.8 Å². The van der Waals surface area contributed by atoms with Gasteiger partial charge in [-0.15, -0.1) is 0 Å². The zero-order valence-corrected chi connectivity index (χ0v) is 11.6. The van der Waals surface area contributed by atoms with Gasteiger partial charge in [0.1, 0.15) is 0 Å². The van der Waals surface area contributed by atoms with Crippen molar-refractivity contribution >= 4 is 23.7 Å². The van der Waals surface area contributed by atoms with Crippen molar-refractivity contribution in [3.63, 3.8) is 0 Å². The first-order chi connectivity index (χ1) is 9.27. The van der Waals surface area contributed by atoms with Crippen molar-refractivity contribution in [2.75, 3.05) is 24.6 Å². The Morgan fingerprint density at radius 1 is 1.16 bits per heavy atom. The third kappa shape index (κ3) is 4.28. The Hall–Kier alpha value is -1.49. The molecule has 0 aromatic heterocycles. The van der Waals surface area contributed by atoms with E-state index in [1.54, 1.807) is 0 Å². The molecule has 0 atom stereocenters. The van der Waals surface area contributed by atoms with Crippen molar-refractivity contribution in [3.05, 3.63) is 35.9 Å². The van der Waals surface area contributed by atoms with E-state index in [0.717, 1.165) is 24.3 Å². The fourth-order valence-electron chi connectivity index (χ4n) is 1.94. The van der Waals surface area contributed by atoms with Gasteiger partial charge in [0.25, 0.3) is 0 Å². The lowest BCUT2D eigenvalue weighted by Gasteiger charge is -2.11. The number of benzene rings is 1. The zero-order valence-electron chi connectivity index (χ0n) is 10.8. The number of hydrogen-bond donors (Lipinski definition) is 1. The summed E-state index contributed by atoms with van der Waals surface area (Å²) >= 11 is 1.86. The van der Waals surface area contributed by atoms with E-state index in [-0.39, 0.29) is 18.5 Å². The molecule has 0 unspecified atom stereocenters. The predicted octanol–water partition coefficient (Wildman–Crippen LogP) is 1.90. The summed E-state index contributed by atoms with van der Waals surface area (Å²) in [6, 6.07) is 10.1. The number of amides is 3. The molecule has 1 aliphatic heterocycles. The summed E-state index contributed by atoms with van der Waals surface area (Å²) in [5.41, 5.74) is 1.35. The third-order valence-electron chi connectivity index (χ3n) is 2.99. The van der Waals surface area contributed by atoms with Gasteiger partial charge in [0.05, 0.1) is 6.54 Å². The minimum atomic E-state index is -0.251. The molecule has 1 fully saturated rings. The third-order valence-corrected chi connectivity index (χ3v) is 4.06. The van der Waals surface area contributed by atoms with Gasteiger partial charge < -0.3 is 5.32 Å². The van der Waals surface area contributed by atoms with Gasteiger partial charge in [0.2, 0.25) is 5.91 Å². The second-order valence-corrected chi connectivity index (χ2v) is 5.63. The van der Waals surface area contributed by atoms with Gasteiger partial charge in [-0.1, -0.05) is 30.3 Å². The highest BCUT2D eigenvalue weighted by Gasteiger charge is 2.27. The first-order valence-electron chi connectivity index (χ1n) is 6.47. The van der Waals surface area contributed by atoms with Crippen molar-refractivity contribution in [3.8, 4) is 0 Å². The lowest BCUT2D eigenvalue weighted by Crippen LogP contribution is -2.32. The number of carbonyl (C=O) groups is 2. The normalized spacial score (nSPS) is 14.8. The summed E-state index contributed by atoms with van der Waals surface area (Å²) in [6.07, 6.45) is 1.92. The van der Waals surface area contributed by atoms with Crippen LogP contribution in [0.3, 0.4) is 0 Å². The van der Waals surface area contributed by atoms with E-state index in [2.05, 4.69) is 29.6 Å². The Morgan fingerprint density at radius 2 is 1.95 bits per heavy atom. The first kappa shape index (κ1) is 13.9. The molecule has 1 aromatic carbocycles. The smallest absolute Gasteiger partial charge is 0.324 e. The van der Waals surface area contributed by atoms with Crippen LogP contribution in [0.4, 0.5) is 4.79 Å². The molecule has 4 nitrogen and oxygen atoms in total. The summed E-state index contributed by atoms with van der Waals surface area (Å²) in [5, 5.41) is 2.52. The number of nitrogens with zero attached hydrogens (tertiary/aromatic N) is 1. The van der Waals surface area contributed by atoms with Gasteiger partial charge in [0, 0.05) is 6.54 Å². The monoisotopic (exact) mass is 278 g/mol. The van der Waals surface area contributed by atoms with Gasteiger partial charge in [0.15, 0.2) is 0 Å². The minimum Gasteiger partial charge on any atom is -0.329 e. The van der Waals surface area contributed by atoms with E-state index in [0.29, 0.717) is 6.54 Å². The number of hydrogen-bond acceptors (Lipinski definition) is 3. The molecule has 1 heterocycles. The Kier molecular flexibility index (Phi) is 5.27. The second-order valence-electron chi connectivity index (χ2n) is 4.41. The first-order valence-corrected chi connectivity index (χ1v) is 7.63. The predicted molar refractivity (Wildman–Crippen MR) is 77.2 cm³/mol. The number of rotatable bonds is 7. The summed E-state index contributed by atoms with van der Waals surface area (Å²) in [7, 11) is 0. The van der Waals surface area contributed by atoms with Crippen LogP contribution in [0.15, 0.2) is 30.3 Å². The Balaban J connectivity index is 1.55. The molecule has 1 N–H and O–H groups in total. The van der Waals surface area contributed by atoms with E-state index < -0.39 is 0 Å². The molecule has 2 rings (SSSR count). The minimum absolute atomic E-state index is 0.112. The van der Waals surface area contributed by atoms with Crippen LogP contribution in [0.25, 0.3) is 0 Å². The summed E-state index contributed by atoms with van der Waals surface area (Å²) in [6.45, 7) is 0.684. The average Bonchev–Trinajstić information content (AvgIpc) is 2.75. The SMILES string of the molecule is O=C1CNC(=O)N1CCCSCCc1ccccc1. The van der Waals surface area contributed by atoms with Gasteiger partial charge in [-0.05, 0) is 29.9 Å². The molecule has 0 bridgehead atoms. The van der Waals surface area contributed by atoms with Gasteiger partial charge in [-0.3, -0.25) is 9.69 Å². The van der Waals surface area contributed by atoms with Crippen LogP contribution in [0.2, 0.25) is 0 Å². The highest BCUT2D eigenvalue weighted by molar-refractivity contribution is 7.99. The van der Waals surface area contributed by atoms with Crippen LogP contribution in [-0.2, 0) is 11.2 Å².